The molecule has 164 valence electrons. The van der Waals surface area contributed by atoms with Crippen LogP contribution in [0.15, 0.2) is 0 Å². The summed E-state index contributed by atoms with van der Waals surface area (Å²) in [6.45, 7) is 5.74. The number of aliphatic hydroxyl groups is 2. The smallest absolute Gasteiger partial charge is 0.0664 e. The molecule has 0 spiro atoms. The second kappa shape index (κ2) is 22.2. The number of nitrogens with one attached hydrogen (secondary N) is 1. The van der Waals surface area contributed by atoms with Crippen molar-refractivity contribution in [3.05, 3.63) is 0 Å². The summed E-state index contributed by atoms with van der Waals surface area (Å²) < 4.78 is 0. The summed E-state index contributed by atoms with van der Waals surface area (Å²) in [5.41, 5.74) is 0. The normalized spacial score (nSPS) is 13.8. The number of rotatable bonds is 22. The van der Waals surface area contributed by atoms with Crippen molar-refractivity contribution < 1.29 is 10.2 Å². The van der Waals surface area contributed by atoms with Crippen LogP contribution in [-0.2, 0) is 0 Å². The zero-order valence-electron chi connectivity index (χ0n) is 18.7. The zero-order valence-corrected chi connectivity index (χ0v) is 18.7. The molecule has 2 unspecified atom stereocenters. The maximum atomic E-state index is 10.0. The van der Waals surface area contributed by atoms with Crippen LogP contribution < -0.4 is 5.32 Å². The van der Waals surface area contributed by atoms with Gasteiger partial charge in [0.1, 0.15) is 0 Å². The van der Waals surface area contributed by atoms with Gasteiger partial charge in [-0.2, -0.15) is 0 Å². The van der Waals surface area contributed by atoms with Gasteiger partial charge in [0, 0.05) is 13.1 Å². The lowest BCUT2D eigenvalue weighted by molar-refractivity contribution is 0.132. The Morgan fingerprint density at radius 2 is 0.778 bits per heavy atom. The Labute approximate surface area is 170 Å². The van der Waals surface area contributed by atoms with Crippen LogP contribution in [0.25, 0.3) is 0 Å². The molecule has 0 fully saturated rings. The third-order valence-electron chi connectivity index (χ3n) is 5.54. The van der Waals surface area contributed by atoms with Crippen molar-refractivity contribution in [2.45, 2.75) is 142 Å². The zero-order chi connectivity index (χ0) is 20.0. The summed E-state index contributed by atoms with van der Waals surface area (Å²) >= 11 is 0. The molecule has 0 rings (SSSR count). The van der Waals surface area contributed by atoms with Crippen LogP contribution in [0.2, 0.25) is 0 Å². The number of unbranched alkanes of at least 4 members (excludes halogenated alkanes) is 14. The Morgan fingerprint density at radius 3 is 1.11 bits per heavy atom. The van der Waals surface area contributed by atoms with Gasteiger partial charge in [0.15, 0.2) is 0 Å². The van der Waals surface area contributed by atoms with Crippen LogP contribution in [-0.4, -0.2) is 35.5 Å². The topological polar surface area (TPSA) is 52.5 Å². The summed E-state index contributed by atoms with van der Waals surface area (Å²) in [5.74, 6) is 0. The minimum atomic E-state index is -0.264. The maximum Gasteiger partial charge on any atom is 0.0664 e. The molecule has 0 aromatic rings. The maximum absolute atomic E-state index is 10.0. The first-order valence-electron chi connectivity index (χ1n) is 12.3. The summed E-state index contributed by atoms with van der Waals surface area (Å²) in [7, 11) is 0. The van der Waals surface area contributed by atoms with Gasteiger partial charge >= 0.3 is 0 Å². The second-order valence-electron chi connectivity index (χ2n) is 8.49. The first kappa shape index (κ1) is 26.9. The number of hydrogen-bond donors (Lipinski definition) is 3. The molecule has 3 N–H and O–H groups in total. The number of aliphatic hydroxyl groups excluding tert-OH is 2. The molecule has 0 aliphatic carbocycles. The Balaban J connectivity index is 3.29. The SMILES string of the molecule is CCCCCCCCCCC(O)CNCC(O)CCCCCCCCCC. The van der Waals surface area contributed by atoms with Gasteiger partial charge in [0.25, 0.3) is 0 Å². The largest absolute Gasteiger partial charge is 0.392 e. The van der Waals surface area contributed by atoms with Gasteiger partial charge in [-0.1, -0.05) is 117 Å². The van der Waals surface area contributed by atoms with E-state index in [1.54, 1.807) is 0 Å². The average Bonchev–Trinajstić information content (AvgIpc) is 2.66. The molecular formula is C24H51NO2. The van der Waals surface area contributed by atoms with Gasteiger partial charge in [0.05, 0.1) is 12.2 Å². The van der Waals surface area contributed by atoms with E-state index in [9.17, 15) is 10.2 Å². The highest BCUT2D eigenvalue weighted by atomic mass is 16.3. The molecule has 0 amide bonds. The third kappa shape index (κ3) is 22.0. The molecule has 3 nitrogen and oxygen atoms in total. The lowest BCUT2D eigenvalue weighted by atomic mass is 10.1. The molecule has 0 bridgehead atoms. The molecule has 0 saturated carbocycles. The lowest BCUT2D eigenvalue weighted by Crippen LogP contribution is -2.33. The highest BCUT2D eigenvalue weighted by Gasteiger charge is 2.07. The predicted molar refractivity (Wildman–Crippen MR) is 119 cm³/mol. The molecule has 0 aliphatic heterocycles. The van der Waals surface area contributed by atoms with E-state index in [1.807, 2.05) is 0 Å². The minimum Gasteiger partial charge on any atom is -0.392 e. The van der Waals surface area contributed by atoms with Crippen molar-refractivity contribution in [2.24, 2.45) is 0 Å². The van der Waals surface area contributed by atoms with Crippen molar-refractivity contribution >= 4 is 0 Å². The van der Waals surface area contributed by atoms with Gasteiger partial charge in [0.2, 0.25) is 0 Å². The molecular weight excluding hydrogens is 334 g/mol. The summed E-state index contributed by atoms with van der Waals surface area (Å²) in [4.78, 5) is 0. The van der Waals surface area contributed by atoms with Gasteiger partial charge in [-0.15, -0.1) is 0 Å². The van der Waals surface area contributed by atoms with Crippen molar-refractivity contribution in [3.8, 4) is 0 Å². The van der Waals surface area contributed by atoms with Crippen LogP contribution in [0.4, 0.5) is 0 Å². The van der Waals surface area contributed by atoms with E-state index >= 15 is 0 Å². The van der Waals surface area contributed by atoms with Crippen molar-refractivity contribution in [3.63, 3.8) is 0 Å². The van der Waals surface area contributed by atoms with Crippen molar-refractivity contribution in [1.82, 2.24) is 5.32 Å². The van der Waals surface area contributed by atoms with E-state index in [0.717, 1.165) is 25.7 Å². The van der Waals surface area contributed by atoms with Gasteiger partial charge < -0.3 is 15.5 Å². The van der Waals surface area contributed by atoms with Gasteiger partial charge in [-0.05, 0) is 12.8 Å². The van der Waals surface area contributed by atoms with Gasteiger partial charge in [-0.3, -0.25) is 0 Å². The average molecular weight is 386 g/mol. The van der Waals surface area contributed by atoms with Crippen molar-refractivity contribution in [1.29, 1.82) is 0 Å². The lowest BCUT2D eigenvalue weighted by Gasteiger charge is -2.15. The van der Waals surface area contributed by atoms with Crippen LogP contribution in [0, 0.1) is 0 Å². The molecule has 27 heavy (non-hydrogen) atoms. The highest BCUT2D eigenvalue weighted by molar-refractivity contribution is 4.64. The highest BCUT2D eigenvalue weighted by Crippen LogP contribution is 2.11. The Morgan fingerprint density at radius 1 is 0.481 bits per heavy atom. The van der Waals surface area contributed by atoms with E-state index in [-0.39, 0.29) is 12.2 Å². The van der Waals surface area contributed by atoms with E-state index in [2.05, 4.69) is 19.2 Å². The molecule has 0 radical (unpaired) electrons. The van der Waals surface area contributed by atoms with E-state index in [4.69, 9.17) is 0 Å². The first-order valence-corrected chi connectivity index (χ1v) is 12.3. The van der Waals surface area contributed by atoms with Crippen LogP contribution in [0.5, 0.6) is 0 Å². The fourth-order valence-corrected chi connectivity index (χ4v) is 3.65. The second-order valence-corrected chi connectivity index (χ2v) is 8.49. The summed E-state index contributed by atoms with van der Waals surface area (Å²) in [6.07, 6.45) is 22.1. The van der Waals surface area contributed by atoms with E-state index < -0.39 is 0 Å². The first-order chi connectivity index (χ1) is 13.2. The Kier molecular flexibility index (Phi) is 22.1. The fraction of sp³-hybridized carbons (Fsp3) is 1.00. The fourth-order valence-electron chi connectivity index (χ4n) is 3.65. The molecule has 3 heteroatoms. The van der Waals surface area contributed by atoms with Crippen LogP contribution in [0.3, 0.4) is 0 Å². The molecule has 0 aliphatic rings. The van der Waals surface area contributed by atoms with Crippen molar-refractivity contribution in [2.75, 3.05) is 13.1 Å². The molecule has 2 atom stereocenters. The van der Waals surface area contributed by atoms with Gasteiger partial charge in [-0.25, -0.2) is 0 Å². The monoisotopic (exact) mass is 385 g/mol. The number of hydrogen-bond acceptors (Lipinski definition) is 3. The quantitative estimate of drug-likeness (QED) is 0.190. The summed E-state index contributed by atoms with van der Waals surface area (Å²) in [6, 6.07) is 0. The van der Waals surface area contributed by atoms with Crippen LogP contribution >= 0.6 is 0 Å². The Bertz CT molecular complexity index is 247. The summed E-state index contributed by atoms with van der Waals surface area (Å²) in [5, 5.41) is 23.3. The standard InChI is InChI=1S/C24H51NO2/c1-3-5-7-9-11-13-15-17-19-23(26)21-25-22-24(27)20-18-16-14-12-10-8-6-4-2/h23-27H,3-22H2,1-2H3. The molecule has 0 aromatic carbocycles. The molecule has 0 heterocycles. The van der Waals surface area contributed by atoms with E-state index in [0.29, 0.717) is 13.1 Å². The van der Waals surface area contributed by atoms with E-state index in [1.165, 1.54) is 89.9 Å². The predicted octanol–water partition coefficient (Wildman–Crippen LogP) is 6.36. The molecule has 0 saturated heterocycles. The Hall–Kier alpha value is -0.120. The molecule has 0 aromatic heterocycles. The minimum absolute atomic E-state index is 0.264. The third-order valence-corrected chi connectivity index (χ3v) is 5.54. The van der Waals surface area contributed by atoms with Crippen LogP contribution in [0.1, 0.15) is 129 Å².